The molecule has 1 atom stereocenters. The van der Waals surface area contributed by atoms with Crippen LogP contribution in [0.4, 0.5) is 0 Å². The summed E-state index contributed by atoms with van der Waals surface area (Å²) in [6.45, 7) is 1.57. The highest BCUT2D eigenvalue weighted by Gasteiger charge is 2.19. The average Bonchev–Trinajstić information content (AvgIpc) is 2.61. The van der Waals surface area contributed by atoms with Crippen LogP contribution in [0.3, 0.4) is 0 Å². The fraction of sp³-hybridized carbons (Fsp3) is 0.211. The summed E-state index contributed by atoms with van der Waals surface area (Å²) in [5.74, 6) is 0.318. The Hall–Kier alpha value is -2.50. The summed E-state index contributed by atoms with van der Waals surface area (Å²) >= 11 is 6.14. The van der Waals surface area contributed by atoms with E-state index in [0.29, 0.717) is 29.5 Å². The van der Waals surface area contributed by atoms with E-state index in [1.54, 1.807) is 12.3 Å². The summed E-state index contributed by atoms with van der Waals surface area (Å²) in [7, 11) is 0. The van der Waals surface area contributed by atoms with Crippen molar-refractivity contribution in [3.63, 3.8) is 0 Å². The first-order chi connectivity index (χ1) is 12.2. The van der Waals surface area contributed by atoms with Crippen LogP contribution in [-0.2, 0) is 0 Å². The van der Waals surface area contributed by atoms with E-state index in [4.69, 9.17) is 16.3 Å². The molecule has 1 aromatic carbocycles. The number of ether oxygens (including phenoxy) is 1. The van der Waals surface area contributed by atoms with Gasteiger partial charge in [0.15, 0.2) is 5.78 Å². The Bertz CT molecular complexity index is 941. The maximum absolute atomic E-state index is 12.8. The minimum absolute atomic E-state index is 0.160. The highest BCUT2D eigenvalue weighted by molar-refractivity contribution is 6.33. The van der Waals surface area contributed by atoms with E-state index in [0.717, 1.165) is 23.9 Å². The lowest BCUT2D eigenvalue weighted by atomic mass is 10.0. The zero-order valence-electron chi connectivity index (χ0n) is 13.4. The van der Waals surface area contributed by atoms with E-state index in [9.17, 15) is 4.79 Å². The number of hydrogen-bond donors (Lipinski definition) is 1. The Morgan fingerprint density at radius 1 is 1.24 bits per heavy atom. The number of carbonyl (C=O) groups excluding carboxylic acids is 1. The number of ketones is 1. The largest absolute Gasteiger partial charge is 0.490 e. The molecule has 0 saturated carbocycles. The summed E-state index contributed by atoms with van der Waals surface area (Å²) in [4.78, 5) is 21.3. The van der Waals surface area contributed by atoms with Gasteiger partial charge in [-0.25, -0.2) is 4.98 Å². The molecule has 0 bridgehead atoms. The quantitative estimate of drug-likeness (QED) is 0.563. The number of carbonyl (C=O) groups is 1. The number of benzene rings is 1. The Kier molecular flexibility index (Phi) is 4.34. The molecule has 0 spiro atoms. The lowest BCUT2D eigenvalue weighted by Gasteiger charge is -2.27. The summed E-state index contributed by atoms with van der Waals surface area (Å²) in [5.41, 5.74) is 1.63. The number of fused-ring (bicyclic) bond motifs is 1. The van der Waals surface area contributed by atoms with Crippen LogP contribution in [0, 0.1) is 0 Å². The summed E-state index contributed by atoms with van der Waals surface area (Å²) in [5, 5.41) is 4.32. The van der Waals surface area contributed by atoms with Crippen molar-refractivity contribution in [3.8, 4) is 5.75 Å². The van der Waals surface area contributed by atoms with Gasteiger partial charge >= 0.3 is 0 Å². The predicted molar refractivity (Wildman–Crippen MR) is 96.3 cm³/mol. The molecular formula is C19H16ClN3O2. The number of hydrogen-bond acceptors (Lipinski definition) is 5. The Labute approximate surface area is 150 Å². The van der Waals surface area contributed by atoms with Crippen LogP contribution >= 0.6 is 11.6 Å². The second kappa shape index (κ2) is 6.78. The molecule has 2 aromatic heterocycles. The topological polar surface area (TPSA) is 64.1 Å². The molecule has 5 nitrogen and oxygen atoms in total. The van der Waals surface area contributed by atoms with E-state index in [2.05, 4.69) is 15.3 Å². The number of aromatic nitrogens is 2. The van der Waals surface area contributed by atoms with Crippen molar-refractivity contribution in [1.29, 1.82) is 0 Å². The van der Waals surface area contributed by atoms with Crippen LogP contribution in [0.25, 0.3) is 10.9 Å². The van der Waals surface area contributed by atoms with Gasteiger partial charge in [-0.1, -0.05) is 29.8 Å². The SMILES string of the molecule is O=C(c1cnc2ccccc2c1)c1cc(OC[C@@H]2CCN2)cnc1Cl. The third kappa shape index (κ3) is 3.34. The number of rotatable bonds is 5. The molecule has 0 radical (unpaired) electrons. The van der Waals surface area contributed by atoms with Crippen LogP contribution in [0.1, 0.15) is 22.3 Å². The molecule has 0 aliphatic carbocycles. The average molecular weight is 354 g/mol. The third-order valence-corrected chi connectivity index (χ3v) is 4.59. The smallest absolute Gasteiger partial charge is 0.197 e. The van der Waals surface area contributed by atoms with Gasteiger partial charge in [-0.15, -0.1) is 0 Å². The maximum Gasteiger partial charge on any atom is 0.197 e. The summed E-state index contributed by atoms with van der Waals surface area (Å²) in [6.07, 6.45) is 4.19. The van der Waals surface area contributed by atoms with Gasteiger partial charge in [0, 0.05) is 23.2 Å². The third-order valence-electron chi connectivity index (χ3n) is 4.29. The van der Waals surface area contributed by atoms with Crippen molar-refractivity contribution in [2.24, 2.45) is 0 Å². The molecule has 1 saturated heterocycles. The summed E-state index contributed by atoms with van der Waals surface area (Å²) < 4.78 is 5.71. The standard InChI is InChI=1S/C19H16ClN3O2/c20-19-16(8-15(10-23-19)25-11-14-5-6-21-14)18(24)13-7-12-3-1-2-4-17(12)22-9-13/h1-4,7-10,14,21H,5-6,11H2/t14-/m0/s1. The molecule has 0 amide bonds. The van der Waals surface area contributed by atoms with Crippen LogP contribution in [0.15, 0.2) is 48.8 Å². The van der Waals surface area contributed by atoms with Crippen LogP contribution < -0.4 is 10.1 Å². The normalized spacial score (nSPS) is 16.4. The van der Waals surface area contributed by atoms with Crippen molar-refractivity contribution in [2.45, 2.75) is 12.5 Å². The zero-order valence-corrected chi connectivity index (χ0v) is 14.2. The first-order valence-electron chi connectivity index (χ1n) is 8.12. The number of pyridine rings is 2. The minimum Gasteiger partial charge on any atom is -0.490 e. The molecule has 1 fully saturated rings. The first-order valence-corrected chi connectivity index (χ1v) is 8.50. The van der Waals surface area contributed by atoms with Gasteiger partial charge in [-0.05, 0) is 31.2 Å². The number of para-hydroxylation sites is 1. The molecule has 6 heteroatoms. The Morgan fingerprint density at radius 2 is 2.08 bits per heavy atom. The van der Waals surface area contributed by atoms with E-state index in [1.807, 2.05) is 30.3 Å². The van der Waals surface area contributed by atoms with Crippen LogP contribution in [-0.4, -0.2) is 34.9 Å². The molecule has 3 aromatic rings. The van der Waals surface area contributed by atoms with Crippen molar-refractivity contribution >= 4 is 28.3 Å². The molecule has 3 heterocycles. The molecule has 1 aliphatic heterocycles. The second-order valence-corrected chi connectivity index (χ2v) is 6.36. The fourth-order valence-corrected chi connectivity index (χ4v) is 2.89. The highest BCUT2D eigenvalue weighted by Crippen LogP contribution is 2.24. The number of halogens is 1. The van der Waals surface area contributed by atoms with Gasteiger partial charge in [0.2, 0.25) is 0 Å². The predicted octanol–water partition coefficient (Wildman–Crippen LogP) is 3.25. The molecule has 1 N–H and O–H groups in total. The van der Waals surface area contributed by atoms with E-state index in [1.165, 1.54) is 6.20 Å². The maximum atomic E-state index is 12.8. The number of nitrogens with one attached hydrogen (secondary N) is 1. The molecule has 4 rings (SSSR count). The lowest BCUT2D eigenvalue weighted by Crippen LogP contribution is -2.46. The van der Waals surface area contributed by atoms with Gasteiger partial charge in [0.25, 0.3) is 0 Å². The molecular weight excluding hydrogens is 338 g/mol. The van der Waals surface area contributed by atoms with Gasteiger partial charge in [0.1, 0.15) is 17.5 Å². The van der Waals surface area contributed by atoms with Crippen molar-refractivity contribution in [2.75, 3.05) is 13.2 Å². The molecule has 126 valence electrons. The van der Waals surface area contributed by atoms with Gasteiger partial charge in [-0.3, -0.25) is 9.78 Å². The molecule has 25 heavy (non-hydrogen) atoms. The van der Waals surface area contributed by atoms with Crippen molar-refractivity contribution in [3.05, 3.63) is 65.1 Å². The monoisotopic (exact) mass is 353 g/mol. The Morgan fingerprint density at radius 3 is 2.88 bits per heavy atom. The highest BCUT2D eigenvalue weighted by atomic mass is 35.5. The Balaban J connectivity index is 1.61. The van der Waals surface area contributed by atoms with Gasteiger partial charge in [-0.2, -0.15) is 0 Å². The summed E-state index contributed by atoms with van der Waals surface area (Å²) in [6, 6.07) is 11.5. The number of nitrogens with zero attached hydrogens (tertiary/aromatic N) is 2. The molecule has 0 unspecified atom stereocenters. The van der Waals surface area contributed by atoms with Crippen LogP contribution in [0.5, 0.6) is 5.75 Å². The van der Waals surface area contributed by atoms with E-state index in [-0.39, 0.29) is 10.9 Å². The van der Waals surface area contributed by atoms with Crippen molar-refractivity contribution in [1.82, 2.24) is 15.3 Å². The van der Waals surface area contributed by atoms with Crippen molar-refractivity contribution < 1.29 is 9.53 Å². The second-order valence-electron chi connectivity index (χ2n) is 6.01. The fourth-order valence-electron chi connectivity index (χ4n) is 2.71. The van der Waals surface area contributed by atoms with Gasteiger partial charge < -0.3 is 10.1 Å². The van der Waals surface area contributed by atoms with Gasteiger partial charge in [0.05, 0.1) is 17.3 Å². The van der Waals surface area contributed by atoms with E-state index >= 15 is 0 Å². The lowest BCUT2D eigenvalue weighted by molar-refractivity contribution is 0.103. The zero-order chi connectivity index (χ0) is 17.2. The first kappa shape index (κ1) is 16.0. The van der Waals surface area contributed by atoms with Crippen LogP contribution in [0.2, 0.25) is 5.15 Å². The molecule has 1 aliphatic rings. The van der Waals surface area contributed by atoms with E-state index < -0.39 is 0 Å². The minimum atomic E-state index is -0.219.